The highest BCUT2D eigenvalue weighted by molar-refractivity contribution is 5.93. The van der Waals surface area contributed by atoms with Gasteiger partial charge < -0.3 is 25.6 Å². The van der Waals surface area contributed by atoms with Crippen LogP contribution >= 0.6 is 0 Å². The summed E-state index contributed by atoms with van der Waals surface area (Å²) in [5.74, 6) is -2.10. The summed E-state index contributed by atoms with van der Waals surface area (Å²) < 4.78 is 5.23. The number of benzene rings is 1. The van der Waals surface area contributed by atoms with Crippen LogP contribution in [-0.2, 0) is 9.59 Å². The second-order valence-corrected chi connectivity index (χ2v) is 4.04. The Morgan fingerprint density at radius 3 is 2.29 bits per heavy atom. The van der Waals surface area contributed by atoms with Gasteiger partial charge in [0.25, 0.3) is 0 Å². The van der Waals surface area contributed by atoms with Crippen molar-refractivity contribution in [3.8, 4) is 5.75 Å². The van der Waals surface area contributed by atoms with E-state index in [-0.39, 0.29) is 0 Å². The predicted molar refractivity (Wildman–Crippen MR) is 73.4 cm³/mol. The molecule has 2 amide bonds. The molecule has 0 spiro atoms. The van der Waals surface area contributed by atoms with Crippen LogP contribution in [0.25, 0.3) is 0 Å². The summed E-state index contributed by atoms with van der Waals surface area (Å²) in [5.41, 5.74) is 0.426. The number of rotatable bonds is 7. The highest BCUT2D eigenvalue weighted by Gasteiger charge is 2.22. The Balaban J connectivity index is 2.59. The number of anilines is 1. The predicted octanol–water partition coefficient (Wildman–Crippen LogP) is 1.13. The Kier molecular flexibility index (Phi) is 5.99. The molecule has 1 aromatic carbocycles. The van der Waals surface area contributed by atoms with Crippen LogP contribution in [0, 0.1) is 0 Å². The fraction of sp³-hybridized carbons (Fsp3) is 0.308. The standard InChI is InChI=1S/C13H16N2O6/c1-2-21-9-5-3-8(4-6-9)14-13(20)15-10(12(18)19)7-11(16)17/h3-6,10H,2,7H2,1H3,(H,16,17)(H,18,19)(H2,14,15,20). The van der Waals surface area contributed by atoms with E-state index < -0.39 is 30.4 Å². The van der Waals surface area contributed by atoms with E-state index >= 15 is 0 Å². The van der Waals surface area contributed by atoms with Crippen LogP contribution in [0.3, 0.4) is 0 Å². The van der Waals surface area contributed by atoms with Crippen LogP contribution in [0.15, 0.2) is 24.3 Å². The minimum absolute atomic E-state index is 0.426. The smallest absolute Gasteiger partial charge is 0.326 e. The summed E-state index contributed by atoms with van der Waals surface area (Å²) in [6, 6.07) is 4.16. The lowest BCUT2D eigenvalue weighted by molar-refractivity contribution is -0.145. The number of ether oxygens (including phenoxy) is 1. The molecule has 1 aromatic rings. The number of urea groups is 1. The van der Waals surface area contributed by atoms with Gasteiger partial charge in [0.15, 0.2) is 0 Å². The molecule has 0 radical (unpaired) electrons. The van der Waals surface area contributed by atoms with Crippen LogP contribution < -0.4 is 15.4 Å². The Hall–Kier alpha value is -2.77. The summed E-state index contributed by atoms with van der Waals surface area (Å²) >= 11 is 0. The molecule has 8 heteroatoms. The fourth-order valence-electron chi connectivity index (χ4n) is 1.50. The minimum atomic E-state index is -1.50. The molecule has 0 aromatic heterocycles. The molecule has 1 atom stereocenters. The Labute approximate surface area is 120 Å². The molecule has 8 nitrogen and oxygen atoms in total. The molecule has 0 saturated heterocycles. The number of carboxylic acids is 2. The molecule has 0 heterocycles. The van der Waals surface area contributed by atoms with Gasteiger partial charge in [0.1, 0.15) is 11.8 Å². The third-order valence-corrected chi connectivity index (χ3v) is 2.41. The molecule has 0 fully saturated rings. The largest absolute Gasteiger partial charge is 0.494 e. The maximum absolute atomic E-state index is 11.6. The van der Waals surface area contributed by atoms with Gasteiger partial charge in [0.2, 0.25) is 0 Å². The van der Waals surface area contributed by atoms with E-state index in [0.717, 1.165) is 0 Å². The van der Waals surface area contributed by atoms with Gasteiger partial charge in [-0.2, -0.15) is 0 Å². The van der Waals surface area contributed by atoms with Gasteiger partial charge >= 0.3 is 18.0 Å². The van der Waals surface area contributed by atoms with Crippen LogP contribution in [0.4, 0.5) is 10.5 Å². The van der Waals surface area contributed by atoms with Crippen LogP contribution in [0.2, 0.25) is 0 Å². The fourth-order valence-corrected chi connectivity index (χ4v) is 1.50. The summed E-state index contributed by atoms with van der Waals surface area (Å²) in [4.78, 5) is 32.9. The van der Waals surface area contributed by atoms with E-state index in [1.54, 1.807) is 24.3 Å². The zero-order valence-electron chi connectivity index (χ0n) is 11.3. The molecule has 21 heavy (non-hydrogen) atoms. The molecular formula is C13H16N2O6. The van der Waals surface area contributed by atoms with Crippen molar-refractivity contribution in [2.45, 2.75) is 19.4 Å². The van der Waals surface area contributed by atoms with E-state index in [9.17, 15) is 14.4 Å². The van der Waals surface area contributed by atoms with Crippen molar-refractivity contribution in [1.29, 1.82) is 0 Å². The molecule has 1 unspecified atom stereocenters. The lowest BCUT2D eigenvalue weighted by atomic mass is 10.2. The lowest BCUT2D eigenvalue weighted by Crippen LogP contribution is -2.44. The number of carbonyl (C=O) groups is 3. The third kappa shape index (κ3) is 5.81. The third-order valence-electron chi connectivity index (χ3n) is 2.41. The van der Waals surface area contributed by atoms with Crippen molar-refractivity contribution in [3.05, 3.63) is 24.3 Å². The number of carboxylic acid groups (broad SMARTS) is 2. The van der Waals surface area contributed by atoms with Gasteiger partial charge in [-0.3, -0.25) is 4.79 Å². The number of carbonyl (C=O) groups excluding carboxylic acids is 1. The first-order valence-corrected chi connectivity index (χ1v) is 6.17. The van der Waals surface area contributed by atoms with E-state index in [1.165, 1.54) is 0 Å². The SMILES string of the molecule is CCOc1ccc(NC(=O)NC(CC(=O)O)C(=O)O)cc1. The van der Waals surface area contributed by atoms with Gasteiger partial charge in [-0.05, 0) is 31.2 Å². The molecule has 114 valence electrons. The van der Waals surface area contributed by atoms with Crippen molar-refractivity contribution in [3.63, 3.8) is 0 Å². The summed E-state index contributed by atoms with van der Waals surface area (Å²) in [5, 5.41) is 21.9. The molecule has 0 aliphatic carbocycles. The van der Waals surface area contributed by atoms with Gasteiger partial charge in [-0.25, -0.2) is 9.59 Å². The van der Waals surface area contributed by atoms with Crippen molar-refractivity contribution in [1.82, 2.24) is 5.32 Å². The number of hydrogen-bond donors (Lipinski definition) is 4. The van der Waals surface area contributed by atoms with Gasteiger partial charge in [0.05, 0.1) is 13.0 Å². The average molecular weight is 296 g/mol. The first-order chi connectivity index (χ1) is 9.92. The molecule has 0 aliphatic heterocycles. The van der Waals surface area contributed by atoms with Gasteiger partial charge in [-0.15, -0.1) is 0 Å². The highest BCUT2D eigenvalue weighted by Crippen LogP contribution is 2.15. The number of amides is 2. The Bertz CT molecular complexity index is 514. The first-order valence-electron chi connectivity index (χ1n) is 6.17. The van der Waals surface area contributed by atoms with Crippen molar-refractivity contribution < 1.29 is 29.3 Å². The zero-order valence-corrected chi connectivity index (χ0v) is 11.3. The molecular weight excluding hydrogens is 280 g/mol. The van der Waals surface area contributed by atoms with Crippen molar-refractivity contribution in [2.24, 2.45) is 0 Å². The molecule has 0 saturated carbocycles. The Morgan fingerprint density at radius 1 is 1.19 bits per heavy atom. The maximum atomic E-state index is 11.6. The summed E-state index contributed by atoms with van der Waals surface area (Å²) in [7, 11) is 0. The lowest BCUT2D eigenvalue weighted by Gasteiger charge is -2.13. The van der Waals surface area contributed by atoms with E-state index in [4.69, 9.17) is 14.9 Å². The first kappa shape index (κ1) is 16.3. The number of hydrogen-bond acceptors (Lipinski definition) is 4. The Morgan fingerprint density at radius 2 is 1.81 bits per heavy atom. The van der Waals surface area contributed by atoms with Crippen LogP contribution in [0.5, 0.6) is 5.75 Å². The van der Waals surface area contributed by atoms with Gasteiger partial charge in [0, 0.05) is 5.69 Å². The van der Waals surface area contributed by atoms with E-state index in [2.05, 4.69) is 10.6 Å². The monoisotopic (exact) mass is 296 g/mol. The van der Waals surface area contributed by atoms with E-state index in [0.29, 0.717) is 18.0 Å². The quantitative estimate of drug-likeness (QED) is 0.598. The molecule has 0 aliphatic rings. The summed E-state index contributed by atoms with van der Waals surface area (Å²) in [6.45, 7) is 2.36. The van der Waals surface area contributed by atoms with Crippen molar-refractivity contribution in [2.75, 3.05) is 11.9 Å². The topological polar surface area (TPSA) is 125 Å². The van der Waals surface area contributed by atoms with Crippen LogP contribution in [0.1, 0.15) is 13.3 Å². The van der Waals surface area contributed by atoms with Crippen molar-refractivity contribution >= 4 is 23.7 Å². The highest BCUT2D eigenvalue weighted by atomic mass is 16.5. The normalized spacial score (nSPS) is 11.3. The van der Waals surface area contributed by atoms with Gasteiger partial charge in [-0.1, -0.05) is 0 Å². The summed E-state index contributed by atoms with van der Waals surface area (Å²) in [6.07, 6.45) is -0.702. The maximum Gasteiger partial charge on any atom is 0.326 e. The number of aliphatic carboxylic acids is 2. The second-order valence-electron chi connectivity index (χ2n) is 4.04. The molecule has 1 rings (SSSR count). The average Bonchev–Trinajstić information content (AvgIpc) is 2.40. The number of nitrogens with one attached hydrogen (secondary N) is 2. The molecule has 0 bridgehead atoms. The minimum Gasteiger partial charge on any atom is -0.494 e. The van der Waals surface area contributed by atoms with Crippen LogP contribution in [-0.4, -0.2) is 40.8 Å². The second kappa shape index (κ2) is 7.73. The zero-order chi connectivity index (χ0) is 15.8. The molecule has 4 N–H and O–H groups in total. The van der Waals surface area contributed by atoms with E-state index in [1.807, 2.05) is 6.92 Å².